The molecule has 13 atom stereocenters. The number of hydrogen-bond donors (Lipinski definition) is 15. The Morgan fingerprint density at radius 3 is 1.69 bits per heavy atom. The van der Waals surface area contributed by atoms with Crippen LogP contribution in [0.15, 0.2) is 30.3 Å². The Balaban J connectivity index is 2.63. The predicted molar refractivity (Wildman–Crippen MR) is 376 cm³/mol. The summed E-state index contributed by atoms with van der Waals surface area (Å²) >= 11 is 0. The number of hydrogen-bond acceptors (Lipinski definition) is 20. The standard InChI is InChI=1S/C71H121N13O15/c1-7-9-10-11-12-17-22-48(39-51(87)23-18-14-19-35-77-64(92)8-2)65(93)80-56(26-32-74)63(91)43-53(46(6)86)69(97)81-55(25-31-73)60(88)40-49-29-36-78-68(96)52(45(5)85)42-62(90)57(27-33-75)82-70(98)58(28-34-76)83-71(99)59(37-44(3)4)84-67(95)50(38-47-20-15-13-16-21-47)41-61(89)54(24-30-72)79-66(49)94/h13,15-16,20-21,44-46,48-50,52-59,85-86H,7-12,14,17-19,22-43,72-76H2,1-6H3,(H,77,92)(H,78,96)(H,79,94)(H,80,93)(H,81,97)(H,82,98)(H,83,99)(H,84,95)/t45-,46-,48-,49-,50+,52+,53+,54+,55+,56+,57+,58+,59+/m1/s1. The third-order valence-corrected chi connectivity index (χ3v) is 18.0. The molecule has 1 aliphatic rings. The van der Waals surface area contributed by atoms with Crippen molar-refractivity contribution in [1.82, 2.24) is 42.5 Å². The molecule has 1 saturated heterocycles. The molecule has 28 nitrogen and oxygen atoms in total. The first kappa shape index (κ1) is 88.1. The zero-order valence-electron chi connectivity index (χ0n) is 59.7. The van der Waals surface area contributed by atoms with E-state index in [1.807, 2.05) is 13.8 Å². The molecular formula is C71H121N13O15. The molecule has 0 unspecified atom stereocenters. The summed E-state index contributed by atoms with van der Waals surface area (Å²) < 4.78 is 0. The summed E-state index contributed by atoms with van der Waals surface area (Å²) in [6.07, 6.45) is 2.26. The largest absolute Gasteiger partial charge is 0.393 e. The molecule has 0 aromatic heterocycles. The van der Waals surface area contributed by atoms with E-state index in [1.54, 1.807) is 37.3 Å². The fraction of sp³-hybridized carbons (Fsp3) is 0.732. The van der Waals surface area contributed by atoms with E-state index in [0.717, 1.165) is 32.1 Å². The lowest BCUT2D eigenvalue weighted by atomic mass is 9.88. The van der Waals surface area contributed by atoms with E-state index in [-0.39, 0.29) is 121 Å². The van der Waals surface area contributed by atoms with Crippen LogP contribution in [0.3, 0.4) is 0 Å². The number of amides is 8. The molecule has 1 aliphatic heterocycles. The zero-order chi connectivity index (χ0) is 74.0. The molecule has 28 heteroatoms. The normalized spacial score (nSPS) is 21.5. The van der Waals surface area contributed by atoms with Crippen LogP contribution in [0.2, 0.25) is 0 Å². The van der Waals surface area contributed by atoms with Gasteiger partial charge in [0.05, 0.1) is 48.2 Å². The maximum absolute atomic E-state index is 14.8. The predicted octanol–water partition coefficient (Wildman–Crippen LogP) is 0.924. The number of unbranched alkanes of at least 4 members (excludes halogenated alkanes) is 7. The molecule has 1 heterocycles. The highest BCUT2D eigenvalue weighted by Gasteiger charge is 2.39. The summed E-state index contributed by atoms with van der Waals surface area (Å²) in [7, 11) is 0. The molecule has 0 saturated carbocycles. The van der Waals surface area contributed by atoms with Crippen LogP contribution in [-0.4, -0.2) is 181 Å². The number of nitrogens with two attached hydrogens (primary N) is 5. The van der Waals surface area contributed by atoms with Crippen molar-refractivity contribution in [2.75, 3.05) is 45.8 Å². The maximum atomic E-state index is 14.8. The first-order valence-electron chi connectivity index (χ1n) is 36.1. The number of rotatable bonds is 42. The lowest BCUT2D eigenvalue weighted by molar-refractivity contribution is -0.138. The molecule has 99 heavy (non-hydrogen) atoms. The van der Waals surface area contributed by atoms with Crippen LogP contribution in [0.4, 0.5) is 0 Å². The van der Waals surface area contributed by atoms with Gasteiger partial charge in [-0.3, -0.25) is 62.3 Å². The fourth-order valence-electron chi connectivity index (χ4n) is 12.0. The minimum absolute atomic E-state index is 0.00524. The maximum Gasteiger partial charge on any atom is 0.243 e. The van der Waals surface area contributed by atoms with Crippen LogP contribution in [0.5, 0.6) is 0 Å². The lowest BCUT2D eigenvalue weighted by Gasteiger charge is -2.28. The number of ketones is 5. The minimum atomic E-state index is -1.50. The van der Waals surface area contributed by atoms with Gasteiger partial charge in [-0.25, -0.2) is 0 Å². The van der Waals surface area contributed by atoms with Crippen LogP contribution >= 0.6 is 0 Å². The highest BCUT2D eigenvalue weighted by molar-refractivity contribution is 5.99. The van der Waals surface area contributed by atoms with Crippen LogP contribution < -0.4 is 71.2 Å². The van der Waals surface area contributed by atoms with E-state index in [0.29, 0.717) is 50.6 Å². The second-order valence-corrected chi connectivity index (χ2v) is 26.9. The third kappa shape index (κ3) is 34.3. The number of Topliss-reactive ketones (excluding diaryl/α,β-unsaturated/α-hetero) is 5. The first-order chi connectivity index (χ1) is 47.2. The number of nitrogens with one attached hydrogen (secondary N) is 8. The number of carbonyl (C=O) groups is 13. The summed E-state index contributed by atoms with van der Waals surface area (Å²) in [6.45, 7) is 9.58. The van der Waals surface area contributed by atoms with Gasteiger partial charge in [-0.05, 0) is 129 Å². The Hall–Kier alpha value is -6.95. The summed E-state index contributed by atoms with van der Waals surface area (Å²) in [5, 5.41) is 43.8. The smallest absolute Gasteiger partial charge is 0.243 e. The van der Waals surface area contributed by atoms with Crippen LogP contribution in [0, 0.1) is 35.5 Å². The highest BCUT2D eigenvalue weighted by Crippen LogP contribution is 2.23. The van der Waals surface area contributed by atoms with Gasteiger partial charge >= 0.3 is 0 Å². The van der Waals surface area contributed by atoms with E-state index >= 15 is 0 Å². The van der Waals surface area contributed by atoms with Gasteiger partial charge in [-0.15, -0.1) is 0 Å². The van der Waals surface area contributed by atoms with Gasteiger partial charge in [0.15, 0.2) is 23.1 Å². The number of aliphatic hydroxyl groups is 2. The second kappa shape index (κ2) is 49.6. The van der Waals surface area contributed by atoms with Crippen LogP contribution in [0.25, 0.3) is 0 Å². The van der Waals surface area contributed by atoms with E-state index in [9.17, 15) is 72.5 Å². The third-order valence-electron chi connectivity index (χ3n) is 18.0. The second-order valence-electron chi connectivity index (χ2n) is 26.9. The van der Waals surface area contributed by atoms with E-state index in [4.69, 9.17) is 28.7 Å². The average Bonchev–Trinajstić information content (AvgIpc) is 1.09. The molecule has 1 aromatic rings. The lowest BCUT2D eigenvalue weighted by Crippen LogP contribution is -2.57. The first-order valence-corrected chi connectivity index (χ1v) is 36.1. The SMILES string of the molecule is CCCCCCCC[C@H](CC(=O)CCCCCNC(=O)CC)C(=O)N[C@@H](CCN)C(=O)C[C@H](C(=O)N[C@@H](CCN)C(=O)C[C@H]1CCNC(=O)[C@H]([C@@H](C)O)CC(=O)[C@H](CCN)NC(=O)[C@H](CCN)NC(=O)[C@H](CC(C)C)NC(=O)[C@@H](Cc2ccccc2)CC(=O)[C@H](CCN)NC1=O)[C@@H](C)O. The van der Waals surface area contributed by atoms with Crippen molar-refractivity contribution in [3.05, 3.63) is 35.9 Å². The van der Waals surface area contributed by atoms with Gasteiger partial charge < -0.3 is 81.4 Å². The molecule has 0 radical (unpaired) electrons. The Morgan fingerprint density at radius 1 is 0.566 bits per heavy atom. The Labute approximate surface area is 585 Å². The van der Waals surface area contributed by atoms with Gasteiger partial charge in [0.2, 0.25) is 47.3 Å². The Kier molecular flexibility index (Phi) is 44.1. The summed E-state index contributed by atoms with van der Waals surface area (Å²) in [5.74, 6) is -14.9. The van der Waals surface area contributed by atoms with E-state index in [2.05, 4.69) is 49.5 Å². The Morgan fingerprint density at radius 2 is 1.10 bits per heavy atom. The van der Waals surface area contributed by atoms with Crippen molar-refractivity contribution in [2.45, 2.75) is 251 Å². The molecule has 20 N–H and O–H groups in total. The Bertz CT molecular complexity index is 2700. The van der Waals surface area contributed by atoms with E-state index in [1.165, 1.54) is 13.8 Å². The topological polar surface area (TPSA) is 489 Å². The number of aliphatic hydroxyl groups excluding tert-OH is 2. The minimum Gasteiger partial charge on any atom is -0.393 e. The van der Waals surface area contributed by atoms with Crippen molar-refractivity contribution in [3.63, 3.8) is 0 Å². The molecule has 0 aliphatic carbocycles. The summed E-state index contributed by atoms with van der Waals surface area (Å²) in [5.41, 5.74) is 30.5. The number of carbonyl (C=O) groups excluding carboxylic acids is 13. The van der Waals surface area contributed by atoms with E-state index < -0.39 is 168 Å². The van der Waals surface area contributed by atoms with Gasteiger partial charge in [0.1, 0.15) is 17.9 Å². The molecular weight excluding hydrogens is 1270 g/mol. The molecule has 0 bridgehead atoms. The molecule has 2 rings (SSSR count). The molecule has 560 valence electrons. The summed E-state index contributed by atoms with van der Waals surface area (Å²) in [6, 6.07) is 0.843. The van der Waals surface area contributed by atoms with Crippen molar-refractivity contribution in [3.8, 4) is 0 Å². The quantitative estimate of drug-likeness (QED) is 0.0405. The van der Waals surface area contributed by atoms with Gasteiger partial charge in [0, 0.05) is 75.8 Å². The van der Waals surface area contributed by atoms with Crippen molar-refractivity contribution < 1.29 is 72.5 Å². The highest BCUT2D eigenvalue weighted by atomic mass is 16.3. The van der Waals surface area contributed by atoms with Gasteiger partial charge in [-0.1, -0.05) is 103 Å². The fourth-order valence-corrected chi connectivity index (χ4v) is 12.0. The summed E-state index contributed by atoms with van der Waals surface area (Å²) in [4.78, 5) is 183. The molecule has 1 fully saturated rings. The van der Waals surface area contributed by atoms with Crippen molar-refractivity contribution in [2.24, 2.45) is 64.2 Å². The van der Waals surface area contributed by atoms with Gasteiger partial charge in [0.25, 0.3) is 0 Å². The monoisotopic (exact) mass is 1400 g/mol. The van der Waals surface area contributed by atoms with Crippen molar-refractivity contribution >= 4 is 76.2 Å². The zero-order valence-corrected chi connectivity index (χ0v) is 59.7. The molecule has 8 amide bonds. The molecule has 0 spiro atoms. The molecule has 1 aromatic carbocycles. The van der Waals surface area contributed by atoms with Gasteiger partial charge in [-0.2, -0.15) is 0 Å². The van der Waals surface area contributed by atoms with Crippen molar-refractivity contribution in [1.29, 1.82) is 0 Å². The number of benzene rings is 1. The average molecular weight is 1400 g/mol. The van der Waals surface area contributed by atoms with Crippen LogP contribution in [0.1, 0.15) is 201 Å². The van der Waals surface area contributed by atoms with Crippen LogP contribution in [-0.2, 0) is 68.7 Å².